The molecule has 3 rings (SSSR count). The van der Waals surface area contributed by atoms with Gasteiger partial charge in [0.05, 0.1) is 17.8 Å². The molecular formula is C11H13N3O. The predicted molar refractivity (Wildman–Crippen MR) is 57.9 cm³/mol. The van der Waals surface area contributed by atoms with E-state index in [0.29, 0.717) is 11.8 Å². The first kappa shape index (κ1) is 8.73. The van der Waals surface area contributed by atoms with E-state index in [-0.39, 0.29) is 0 Å². The van der Waals surface area contributed by atoms with Crippen LogP contribution in [0.3, 0.4) is 0 Å². The Balaban J connectivity index is 2.13. The fourth-order valence-corrected chi connectivity index (χ4v) is 2.17. The minimum Gasteiger partial charge on any atom is -0.508 e. The van der Waals surface area contributed by atoms with E-state index in [2.05, 4.69) is 10.4 Å². The molecular weight excluding hydrogens is 190 g/mol. The second-order valence-corrected chi connectivity index (χ2v) is 3.98. The van der Waals surface area contributed by atoms with Gasteiger partial charge in [-0.2, -0.15) is 5.10 Å². The Morgan fingerprint density at radius 3 is 3.20 bits per heavy atom. The van der Waals surface area contributed by atoms with Crippen molar-refractivity contribution < 1.29 is 5.11 Å². The van der Waals surface area contributed by atoms with Crippen molar-refractivity contribution in [1.29, 1.82) is 0 Å². The smallest absolute Gasteiger partial charge is 0.117 e. The lowest BCUT2D eigenvalue weighted by Gasteiger charge is -2.10. The zero-order valence-corrected chi connectivity index (χ0v) is 8.35. The van der Waals surface area contributed by atoms with E-state index < -0.39 is 0 Å². The first-order chi connectivity index (χ1) is 7.34. The summed E-state index contributed by atoms with van der Waals surface area (Å²) < 4.78 is 2.01. The maximum atomic E-state index is 9.46. The van der Waals surface area contributed by atoms with Gasteiger partial charge in [0.2, 0.25) is 0 Å². The largest absolute Gasteiger partial charge is 0.508 e. The summed E-state index contributed by atoms with van der Waals surface area (Å²) in [5, 5.41) is 18.2. The SMILES string of the molecule is Oc1ccc2cnn(C3CCNC3)c2c1. The average molecular weight is 203 g/mol. The van der Waals surface area contributed by atoms with Gasteiger partial charge in [-0.3, -0.25) is 4.68 Å². The Kier molecular flexibility index (Phi) is 1.89. The van der Waals surface area contributed by atoms with Gasteiger partial charge in [0, 0.05) is 18.0 Å². The van der Waals surface area contributed by atoms with Crippen LogP contribution in [0, 0.1) is 0 Å². The van der Waals surface area contributed by atoms with E-state index in [1.165, 1.54) is 0 Å². The van der Waals surface area contributed by atoms with E-state index >= 15 is 0 Å². The number of fused-ring (bicyclic) bond motifs is 1. The molecule has 0 spiro atoms. The van der Waals surface area contributed by atoms with Crippen LogP contribution in [0.5, 0.6) is 5.75 Å². The second kappa shape index (κ2) is 3.24. The van der Waals surface area contributed by atoms with E-state index in [0.717, 1.165) is 30.4 Å². The molecule has 1 unspecified atom stereocenters. The molecule has 0 bridgehead atoms. The molecule has 0 amide bonds. The molecule has 4 heteroatoms. The van der Waals surface area contributed by atoms with Crippen LogP contribution in [0.1, 0.15) is 12.5 Å². The highest BCUT2D eigenvalue weighted by molar-refractivity contribution is 5.80. The van der Waals surface area contributed by atoms with Gasteiger partial charge in [-0.05, 0) is 25.1 Å². The molecule has 15 heavy (non-hydrogen) atoms. The molecule has 1 saturated heterocycles. The number of phenolic OH excluding ortho intramolecular Hbond substituents is 1. The molecule has 4 nitrogen and oxygen atoms in total. The lowest BCUT2D eigenvalue weighted by Crippen LogP contribution is -2.14. The normalized spacial score (nSPS) is 21.2. The third kappa shape index (κ3) is 1.37. The quantitative estimate of drug-likeness (QED) is 0.734. The predicted octanol–water partition coefficient (Wildman–Crippen LogP) is 1.28. The average Bonchev–Trinajstić information content (AvgIpc) is 2.83. The molecule has 1 aliphatic rings. The van der Waals surface area contributed by atoms with Crippen LogP contribution in [-0.4, -0.2) is 28.0 Å². The van der Waals surface area contributed by atoms with Gasteiger partial charge < -0.3 is 10.4 Å². The van der Waals surface area contributed by atoms with Crippen molar-refractivity contribution >= 4 is 10.9 Å². The van der Waals surface area contributed by atoms with Gasteiger partial charge in [0.1, 0.15) is 5.75 Å². The number of hydrogen-bond acceptors (Lipinski definition) is 3. The van der Waals surface area contributed by atoms with Crippen LogP contribution < -0.4 is 5.32 Å². The number of aromatic nitrogens is 2. The number of rotatable bonds is 1. The Bertz CT molecular complexity index is 486. The van der Waals surface area contributed by atoms with Crippen LogP contribution in [0.15, 0.2) is 24.4 Å². The van der Waals surface area contributed by atoms with E-state index in [4.69, 9.17) is 0 Å². The maximum Gasteiger partial charge on any atom is 0.117 e. The summed E-state index contributed by atoms with van der Waals surface area (Å²) >= 11 is 0. The fourth-order valence-electron chi connectivity index (χ4n) is 2.17. The van der Waals surface area contributed by atoms with E-state index in [1.807, 2.05) is 16.9 Å². The number of benzene rings is 1. The first-order valence-corrected chi connectivity index (χ1v) is 5.21. The highest BCUT2D eigenvalue weighted by atomic mass is 16.3. The summed E-state index contributed by atoms with van der Waals surface area (Å²) in [6, 6.07) is 5.79. The molecule has 78 valence electrons. The molecule has 0 saturated carbocycles. The summed E-state index contributed by atoms with van der Waals surface area (Å²) in [6.45, 7) is 2.01. The van der Waals surface area contributed by atoms with Crippen LogP contribution in [0.25, 0.3) is 10.9 Å². The van der Waals surface area contributed by atoms with Gasteiger partial charge in [-0.15, -0.1) is 0 Å². The molecule has 1 fully saturated rings. The van der Waals surface area contributed by atoms with Gasteiger partial charge in [0.15, 0.2) is 0 Å². The number of phenols is 1. The number of nitrogens with one attached hydrogen (secondary N) is 1. The summed E-state index contributed by atoms with van der Waals surface area (Å²) in [5.74, 6) is 0.301. The lowest BCUT2D eigenvalue weighted by atomic mass is 10.2. The molecule has 0 aliphatic carbocycles. The maximum absolute atomic E-state index is 9.46. The Hall–Kier alpha value is -1.55. The minimum atomic E-state index is 0.301. The van der Waals surface area contributed by atoms with Crippen LogP contribution >= 0.6 is 0 Å². The lowest BCUT2D eigenvalue weighted by molar-refractivity contribution is 0.473. The second-order valence-electron chi connectivity index (χ2n) is 3.98. The fraction of sp³-hybridized carbons (Fsp3) is 0.364. The number of nitrogens with zero attached hydrogens (tertiary/aromatic N) is 2. The van der Waals surface area contributed by atoms with Crippen molar-refractivity contribution in [1.82, 2.24) is 15.1 Å². The molecule has 2 N–H and O–H groups in total. The van der Waals surface area contributed by atoms with Crippen LogP contribution in [-0.2, 0) is 0 Å². The minimum absolute atomic E-state index is 0.301. The zero-order chi connectivity index (χ0) is 10.3. The van der Waals surface area contributed by atoms with Gasteiger partial charge in [0.25, 0.3) is 0 Å². The van der Waals surface area contributed by atoms with Crippen molar-refractivity contribution in [3.63, 3.8) is 0 Å². The van der Waals surface area contributed by atoms with Gasteiger partial charge >= 0.3 is 0 Å². The molecule has 0 radical (unpaired) electrons. The molecule has 1 atom stereocenters. The van der Waals surface area contributed by atoms with Crippen molar-refractivity contribution in [2.45, 2.75) is 12.5 Å². The van der Waals surface area contributed by atoms with E-state index in [1.54, 1.807) is 12.1 Å². The molecule has 1 aromatic carbocycles. The third-order valence-electron chi connectivity index (χ3n) is 2.96. The van der Waals surface area contributed by atoms with E-state index in [9.17, 15) is 5.11 Å². The summed E-state index contributed by atoms with van der Waals surface area (Å²) in [4.78, 5) is 0. The first-order valence-electron chi connectivity index (χ1n) is 5.21. The monoisotopic (exact) mass is 203 g/mol. The van der Waals surface area contributed by atoms with Crippen LogP contribution in [0.2, 0.25) is 0 Å². The van der Waals surface area contributed by atoms with Crippen molar-refractivity contribution in [2.75, 3.05) is 13.1 Å². The van der Waals surface area contributed by atoms with Gasteiger partial charge in [-0.25, -0.2) is 0 Å². The number of hydrogen-bond donors (Lipinski definition) is 2. The van der Waals surface area contributed by atoms with Crippen molar-refractivity contribution in [2.24, 2.45) is 0 Å². The Morgan fingerprint density at radius 1 is 1.47 bits per heavy atom. The van der Waals surface area contributed by atoms with Gasteiger partial charge in [-0.1, -0.05) is 0 Å². The zero-order valence-electron chi connectivity index (χ0n) is 8.35. The summed E-state index contributed by atoms with van der Waals surface area (Å²) in [7, 11) is 0. The molecule has 2 aromatic rings. The third-order valence-corrected chi connectivity index (χ3v) is 2.96. The van der Waals surface area contributed by atoms with Crippen molar-refractivity contribution in [3.05, 3.63) is 24.4 Å². The summed E-state index contributed by atoms with van der Waals surface area (Å²) in [6.07, 6.45) is 2.96. The summed E-state index contributed by atoms with van der Waals surface area (Å²) in [5.41, 5.74) is 1.02. The molecule has 2 heterocycles. The Labute approximate surface area is 87.5 Å². The molecule has 1 aliphatic heterocycles. The standard InChI is InChI=1S/C11H13N3O/c15-10-2-1-8-6-13-14(11(8)5-10)9-3-4-12-7-9/h1-2,5-6,9,12,15H,3-4,7H2. The number of aromatic hydroxyl groups is 1. The molecule has 1 aromatic heterocycles. The highest BCUT2D eigenvalue weighted by Gasteiger charge is 2.18. The van der Waals surface area contributed by atoms with Crippen LogP contribution in [0.4, 0.5) is 0 Å². The topological polar surface area (TPSA) is 50.1 Å². The Morgan fingerprint density at radius 2 is 2.40 bits per heavy atom. The van der Waals surface area contributed by atoms with Crippen molar-refractivity contribution in [3.8, 4) is 5.75 Å². The highest BCUT2D eigenvalue weighted by Crippen LogP contribution is 2.24.